The van der Waals surface area contributed by atoms with E-state index in [9.17, 15) is 0 Å². The molecule has 0 N–H and O–H groups in total. The Kier molecular flexibility index (Phi) is 34.4. The van der Waals surface area contributed by atoms with E-state index in [1.165, 1.54) is 0 Å². The van der Waals surface area contributed by atoms with E-state index in [0.29, 0.717) is 120 Å². The maximum Gasteiger partial charge on any atom is 0.233 e. The Morgan fingerprint density at radius 2 is 0.289 bits per heavy atom. The van der Waals surface area contributed by atoms with Gasteiger partial charge in [-0.1, -0.05) is 201 Å². The van der Waals surface area contributed by atoms with Crippen LogP contribution in [0, 0.1) is 88.8 Å². The molecule has 0 aliphatic carbocycles. The molecule has 1 atom stereocenters. The topological polar surface area (TPSA) is 154 Å². The summed E-state index contributed by atoms with van der Waals surface area (Å²) in [5.41, 5.74) is 0. The summed E-state index contributed by atoms with van der Waals surface area (Å²) in [5.74, 6) is 12.0. The van der Waals surface area contributed by atoms with Crippen LogP contribution in [0.5, 0.6) is 0 Å². The summed E-state index contributed by atoms with van der Waals surface area (Å²) in [6.45, 7) is 79.5. The lowest BCUT2D eigenvalue weighted by Gasteiger charge is -2.35. The molecule has 19 nitrogen and oxygen atoms in total. The maximum absolute atomic E-state index is 6.99. The molecule has 3 aromatic rings. The second kappa shape index (κ2) is 39.0. The van der Waals surface area contributed by atoms with Gasteiger partial charge in [0, 0.05) is 105 Å². The zero-order chi connectivity index (χ0) is 67.9. The van der Waals surface area contributed by atoms with E-state index >= 15 is 0 Å². The third kappa shape index (κ3) is 29.9. The van der Waals surface area contributed by atoms with Gasteiger partial charge < -0.3 is 48.8 Å². The molecule has 3 rings (SSSR count). The average Bonchev–Trinajstić information content (AvgIpc) is 0.979. The standard InChI is InChI=1S/C71H138N18O/c1-48(2)30-81(31-49(3)4)63-72-64(82(32-50(5)6)33-51(7)8)75-68(74-63)86(40-58(21)22)44-62(29)45-87(41-59(23)24)69-76-67(85(38-56(17)18)39-57(19)20)79-71(80-69)89(43-61(27)28)47-90-46-88(42-60(25)26)70-77-65(83(34-52(9)10)35-53(11)12)73-66(78-70)84(36-54(13)14)37-55(15)16/h48-62H,30-47H2,1-29H3. The van der Waals surface area contributed by atoms with Gasteiger partial charge in [-0.15, -0.1) is 0 Å². The molecule has 0 saturated heterocycles. The van der Waals surface area contributed by atoms with Crippen LogP contribution in [-0.4, -0.2) is 163 Å². The van der Waals surface area contributed by atoms with E-state index in [4.69, 9.17) is 49.6 Å². The zero-order valence-electron chi connectivity index (χ0n) is 63.3. The number of hydrogen-bond donors (Lipinski definition) is 0. The molecule has 90 heavy (non-hydrogen) atoms. The molecule has 0 spiro atoms. The Labute approximate surface area is 552 Å². The summed E-state index contributed by atoms with van der Waals surface area (Å²) in [6, 6.07) is 0. The van der Waals surface area contributed by atoms with Crippen molar-refractivity contribution in [1.82, 2.24) is 44.9 Å². The Morgan fingerprint density at radius 3 is 0.422 bits per heavy atom. The van der Waals surface area contributed by atoms with E-state index in [-0.39, 0.29) is 25.3 Å². The van der Waals surface area contributed by atoms with Gasteiger partial charge in [0.25, 0.3) is 0 Å². The largest absolute Gasteiger partial charge is 0.341 e. The number of nitrogens with zero attached hydrogens (tertiary/aromatic N) is 18. The lowest BCUT2D eigenvalue weighted by molar-refractivity contribution is 0.128. The molecule has 0 aliphatic rings. The van der Waals surface area contributed by atoms with Gasteiger partial charge in [0.15, 0.2) is 0 Å². The van der Waals surface area contributed by atoms with Crippen LogP contribution in [0.4, 0.5) is 53.5 Å². The van der Waals surface area contributed by atoms with Crippen LogP contribution in [0.15, 0.2) is 0 Å². The van der Waals surface area contributed by atoms with E-state index < -0.39 is 0 Å². The summed E-state index contributed by atoms with van der Waals surface area (Å²) in [7, 11) is 0. The van der Waals surface area contributed by atoms with E-state index in [1.54, 1.807) is 0 Å². The van der Waals surface area contributed by atoms with Crippen LogP contribution >= 0.6 is 0 Å². The molecule has 0 saturated carbocycles. The van der Waals surface area contributed by atoms with Crippen LogP contribution in [0.1, 0.15) is 201 Å². The predicted molar refractivity (Wildman–Crippen MR) is 387 cm³/mol. The second-order valence-electron chi connectivity index (χ2n) is 32.6. The lowest BCUT2D eigenvalue weighted by atomic mass is 10.1. The third-order valence-electron chi connectivity index (χ3n) is 14.1. The van der Waals surface area contributed by atoms with Crippen LogP contribution < -0.4 is 44.1 Å². The van der Waals surface area contributed by atoms with Crippen molar-refractivity contribution in [3.63, 3.8) is 0 Å². The fourth-order valence-electron chi connectivity index (χ4n) is 11.6. The number of anilines is 9. The van der Waals surface area contributed by atoms with Crippen molar-refractivity contribution in [2.45, 2.75) is 201 Å². The fraction of sp³-hybridized carbons (Fsp3) is 0.873. The molecule has 0 aliphatic heterocycles. The first-order valence-electron chi connectivity index (χ1n) is 35.6. The Hall–Kier alpha value is -4.81. The summed E-state index contributed by atoms with van der Waals surface area (Å²) in [4.78, 5) is 69.9. The van der Waals surface area contributed by atoms with Crippen molar-refractivity contribution >= 4 is 53.5 Å². The van der Waals surface area contributed by atoms with Gasteiger partial charge in [-0.25, -0.2) is 0 Å². The van der Waals surface area contributed by atoms with E-state index in [2.05, 4.69) is 245 Å². The molecule has 19 heteroatoms. The Bertz CT molecular complexity index is 2290. The van der Waals surface area contributed by atoms with Crippen molar-refractivity contribution in [3.8, 4) is 0 Å². The zero-order valence-corrected chi connectivity index (χ0v) is 63.3. The number of ether oxygens (including phenoxy) is 1. The van der Waals surface area contributed by atoms with Crippen molar-refractivity contribution < 1.29 is 4.74 Å². The van der Waals surface area contributed by atoms with Gasteiger partial charge in [0.1, 0.15) is 13.5 Å². The van der Waals surface area contributed by atoms with Gasteiger partial charge in [-0.2, -0.15) is 44.9 Å². The van der Waals surface area contributed by atoms with Gasteiger partial charge in [-0.3, -0.25) is 0 Å². The minimum absolute atomic E-state index is 0.159. The average molecular weight is 1260 g/mol. The first-order valence-corrected chi connectivity index (χ1v) is 35.6. The molecule has 3 aromatic heterocycles. The van der Waals surface area contributed by atoms with Crippen LogP contribution in [0.2, 0.25) is 0 Å². The second-order valence-corrected chi connectivity index (χ2v) is 32.6. The van der Waals surface area contributed by atoms with Crippen LogP contribution in [0.3, 0.4) is 0 Å². The first kappa shape index (κ1) is 79.4. The van der Waals surface area contributed by atoms with Gasteiger partial charge in [0.05, 0.1) is 0 Å². The lowest BCUT2D eigenvalue weighted by Crippen LogP contribution is -2.42. The Morgan fingerprint density at radius 1 is 0.178 bits per heavy atom. The van der Waals surface area contributed by atoms with Gasteiger partial charge in [0.2, 0.25) is 53.5 Å². The molecule has 0 fully saturated rings. The third-order valence-corrected chi connectivity index (χ3v) is 14.1. The first-order chi connectivity index (χ1) is 42.0. The number of aromatic nitrogens is 9. The van der Waals surface area contributed by atoms with Crippen molar-refractivity contribution in [2.24, 2.45) is 88.8 Å². The molecular weight excluding hydrogens is 1120 g/mol. The molecule has 3 heterocycles. The highest BCUT2D eigenvalue weighted by Gasteiger charge is 2.30. The van der Waals surface area contributed by atoms with Crippen molar-refractivity contribution in [2.75, 3.05) is 162 Å². The number of hydrogen-bond acceptors (Lipinski definition) is 19. The van der Waals surface area contributed by atoms with E-state index in [0.717, 1.165) is 115 Å². The normalized spacial score (nSPS) is 12.7. The summed E-state index contributed by atoms with van der Waals surface area (Å²) >= 11 is 0. The van der Waals surface area contributed by atoms with Gasteiger partial charge >= 0.3 is 0 Å². The SMILES string of the molecule is CC(C)CN(COCN(CC(C)C)c1nc(N(CC(C)C)CC(C)C)nc(N(CC(C)C)CC(C)CN(CC(C)C)c2nc(N(CC(C)C)CC(C)C)nc(N(CC(C)C)CC(C)C)n2)n1)c1nc(N(CC(C)C)CC(C)C)nc(N(CC(C)C)CC(C)C)n1. The van der Waals surface area contributed by atoms with Crippen molar-refractivity contribution in [3.05, 3.63) is 0 Å². The molecule has 0 amide bonds. The summed E-state index contributed by atoms with van der Waals surface area (Å²) in [6.07, 6.45) is 0. The highest BCUT2D eigenvalue weighted by molar-refractivity contribution is 5.50. The molecular formula is C71H138N18O. The molecule has 0 bridgehead atoms. The molecule has 518 valence electrons. The van der Waals surface area contributed by atoms with Crippen molar-refractivity contribution in [1.29, 1.82) is 0 Å². The monoisotopic (exact) mass is 1260 g/mol. The highest BCUT2D eigenvalue weighted by atomic mass is 16.5. The maximum atomic E-state index is 6.99. The van der Waals surface area contributed by atoms with Crippen LogP contribution in [-0.2, 0) is 4.74 Å². The van der Waals surface area contributed by atoms with E-state index in [1.807, 2.05) is 0 Å². The Balaban J connectivity index is 2.31. The summed E-state index contributed by atoms with van der Waals surface area (Å²) < 4.78 is 6.99. The van der Waals surface area contributed by atoms with Crippen LogP contribution in [0.25, 0.3) is 0 Å². The highest BCUT2D eigenvalue weighted by Crippen LogP contribution is 2.29. The molecule has 0 radical (unpaired) electrons. The fourth-order valence-corrected chi connectivity index (χ4v) is 11.6. The number of rotatable bonds is 45. The quantitative estimate of drug-likeness (QED) is 0.0492. The molecule has 0 aromatic carbocycles. The minimum Gasteiger partial charge on any atom is -0.341 e. The molecule has 1 unspecified atom stereocenters. The smallest absolute Gasteiger partial charge is 0.233 e. The summed E-state index contributed by atoms with van der Waals surface area (Å²) in [5, 5.41) is 0. The predicted octanol–water partition coefficient (Wildman–Crippen LogP) is 14.7. The minimum atomic E-state index is 0.159. The van der Waals surface area contributed by atoms with Gasteiger partial charge in [-0.05, 0) is 88.8 Å².